The van der Waals surface area contributed by atoms with Crippen LogP contribution in [0.1, 0.15) is 32.6 Å². The van der Waals surface area contributed by atoms with Crippen LogP contribution >= 0.6 is 12.4 Å². The molecule has 8 heteroatoms. The first-order valence-corrected chi connectivity index (χ1v) is 8.73. The first-order valence-electron chi connectivity index (χ1n) is 6.88. The van der Waals surface area contributed by atoms with Crippen molar-refractivity contribution in [2.75, 3.05) is 32.4 Å². The van der Waals surface area contributed by atoms with Gasteiger partial charge in [-0.15, -0.1) is 12.4 Å². The summed E-state index contributed by atoms with van der Waals surface area (Å²) in [5, 5.41) is 6.12. The highest BCUT2D eigenvalue weighted by Gasteiger charge is 2.17. The number of nitrogens with zero attached hydrogens (tertiary/aromatic N) is 1. The topological polar surface area (TPSA) is 78.5 Å². The lowest BCUT2D eigenvalue weighted by molar-refractivity contribution is -0.121. The van der Waals surface area contributed by atoms with Gasteiger partial charge in [0.25, 0.3) is 0 Å². The summed E-state index contributed by atoms with van der Waals surface area (Å²) in [6, 6.07) is 0.308. The lowest BCUT2D eigenvalue weighted by Gasteiger charge is -2.17. The normalized spacial score (nSPS) is 18.9. The minimum atomic E-state index is -3.12. The van der Waals surface area contributed by atoms with Gasteiger partial charge in [-0.3, -0.25) is 4.79 Å². The van der Waals surface area contributed by atoms with Crippen molar-refractivity contribution in [2.24, 2.45) is 0 Å². The number of hydrogen-bond donors (Lipinski definition) is 2. The van der Waals surface area contributed by atoms with Crippen molar-refractivity contribution >= 4 is 28.3 Å². The molecule has 0 bridgehead atoms. The van der Waals surface area contributed by atoms with Gasteiger partial charge in [0.1, 0.15) is 0 Å². The number of carbonyl (C=O) groups is 1. The van der Waals surface area contributed by atoms with Crippen molar-refractivity contribution in [3.05, 3.63) is 0 Å². The van der Waals surface area contributed by atoms with Crippen LogP contribution in [0, 0.1) is 0 Å². The molecule has 1 saturated heterocycles. The Morgan fingerprint density at radius 1 is 1.45 bits per heavy atom. The second-order valence-electron chi connectivity index (χ2n) is 4.96. The van der Waals surface area contributed by atoms with Crippen LogP contribution < -0.4 is 10.6 Å². The number of carbonyl (C=O) groups excluding carboxylic acids is 1. The molecule has 6 nitrogen and oxygen atoms in total. The molecule has 1 rings (SSSR count). The maximum Gasteiger partial charge on any atom is 0.221 e. The van der Waals surface area contributed by atoms with Crippen molar-refractivity contribution in [1.29, 1.82) is 0 Å². The Kier molecular flexibility index (Phi) is 9.37. The van der Waals surface area contributed by atoms with Crippen LogP contribution in [0.2, 0.25) is 0 Å². The largest absolute Gasteiger partial charge is 0.356 e. The lowest BCUT2D eigenvalue weighted by atomic mass is 10.1. The third-order valence-electron chi connectivity index (χ3n) is 3.32. The molecule has 20 heavy (non-hydrogen) atoms. The molecule has 0 aromatic rings. The van der Waals surface area contributed by atoms with E-state index in [1.54, 1.807) is 0 Å². The van der Waals surface area contributed by atoms with E-state index in [1.165, 1.54) is 10.6 Å². The van der Waals surface area contributed by atoms with Crippen LogP contribution in [0.25, 0.3) is 0 Å². The van der Waals surface area contributed by atoms with Gasteiger partial charge in [-0.1, -0.05) is 6.92 Å². The number of hydrogen-bond acceptors (Lipinski definition) is 4. The number of rotatable bonds is 8. The van der Waals surface area contributed by atoms with Gasteiger partial charge < -0.3 is 10.6 Å². The molecule has 1 aliphatic rings. The van der Waals surface area contributed by atoms with Crippen LogP contribution in [0.15, 0.2) is 0 Å². The average Bonchev–Trinajstić information content (AvgIpc) is 2.80. The second-order valence-corrected chi connectivity index (χ2v) is 6.94. The highest BCUT2D eigenvalue weighted by molar-refractivity contribution is 7.88. The van der Waals surface area contributed by atoms with E-state index < -0.39 is 10.0 Å². The maximum atomic E-state index is 11.6. The third kappa shape index (κ3) is 7.42. The maximum absolute atomic E-state index is 11.6. The molecule has 1 heterocycles. The predicted octanol–water partition coefficient (Wildman–Crippen LogP) is 0.338. The third-order valence-corrected chi connectivity index (χ3v) is 4.70. The van der Waals surface area contributed by atoms with Crippen molar-refractivity contribution in [3.8, 4) is 0 Å². The van der Waals surface area contributed by atoms with Gasteiger partial charge in [0.15, 0.2) is 0 Å². The summed E-state index contributed by atoms with van der Waals surface area (Å²) in [6.45, 7) is 4.26. The van der Waals surface area contributed by atoms with Gasteiger partial charge in [-0.2, -0.15) is 0 Å². The summed E-state index contributed by atoms with van der Waals surface area (Å²) >= 11 is 0. The van der Waals surface area contributed by atoms with Gasteiger partial charge in [0.05, 0.1) is 6.26 Å². The first kappa shape index (κ1) is 19.6. The molecule has 1 fully saturated rings. The van der Waals surface area contributed by atoms with Gasteiger partial charge >= 0.3 is 0 Å². The molecule has 0 aromatic carbocycles. The molecule has 1 atom stereocenters. The van der Waals surface area contributed by atoms with Crippen molar-refractivity contribution in [3.63, 3.8) is 0 Å². The highest BCUT2D eigenvalue weighted by Crippen LogP contribution is 2.08. The van der Waals surface area contributed by atoms with Gasteiger partial charge in [0, 0.05) is 32.1 Å². The van der Waals surface area contributed by atoms with E-state index in [9.17, 15) is 13.2 Å². The van der Waals surface area contributed by atoms with Crippen LogP contribution in [0.5, 0.6) is 0 Å². The number of halogens is 1. The Balaban J connectivity index is 0.00000361. The fourth-order valence-electron chi connectivity index (χ4n) is 2.27. The quantitative estimate of drug-likeness (QED) is 0.630. The van der Waals surface area contributed by atoms with E-state index in [1.807, 2.05) is 6.92 Å². The molecule has 2 N–H and O–H groups in total. The summed E-state index contributed by atoms with van der Waals surface area (Å²) in [6.07, 6.45) is 4.57. The van der Waals surface area contributed by atoms with Gasteiger partial charge in [-0.25, -0.2) is 12.7 Å². The highest BCUT2D eigenvalue weighted by atomic mass is 35.5. The summed E-state index contributed by atoms with van der Waals surface area (Å²) in [5.74, 6) is 0.0433. The Labute approximate surface area is 128 Å². The zero-order valence-corrected chi connectivity index (χ0v) is 13.9. The van der Waals surface area contributed by atoms with Crippen LogP contribution in [0.4, 0.5) is 0 Å². The van der Waals surface area contributed by atoms with Crippen molar-refractivity contribution in [2.45, 2.75) is 38.6 Å². The Morgan fingerprint density at radius 2 is 2.15 bits per heavy atom. The minimum absolute atomic E-state index is 0. The molecule has 0 aromatic heterocycles. The average molecular weight is 328 g/mol. The minimum Gasteiger partial charge on any atom is -0.356 e. The zero-order chi connectivity index (χ0) is 14.3. The molecule has 120 valence electrons. The first-order chi connectivity index (χ1) is 8.93. The molecule has 1 unspecified atom stereocenters. The summed E-state index contributed by atoms with van der Waals surface area (Å²) in [4.78, 5) is 11.6. The van der Waals surface area contributed by atoms with E-state index in [0.717, 1.165) is 19.4 Å². The Hall–Kier alpha value is -0.370. The lowest BCUT2D eigenvalue weighted by Crippen LogP contribution is -2.35. The molecular formula is C12H26ClN3O3S. The van der Waals surface area contributed by atoms with Crippen LogP contribution in [-0.4, -0.2) is 57.1 Å². The summed E-state index contributed by atoms with van der Waals surface area (Å²) in [5.41, 5.74) is 0. The van der Waals surface area contributed by atoms with Gasteiger partial charge in [-0.05, 0) is 25.8 Å². The van der Waals surface area contributed by atoms with E-state index >= 15 is 0 Å². The fourth-order valence-corrected chi connectivity index (χ4v) is 3.20. The standard InChI is InChI=1S/C12H25N3O3S.ClH/c1-3-15(19(2,17)18)9-5-8-14-12(16)10-11-6-4-7-13-11;/h11,13H,3-10H2,1-2H3,(H,14,16);1H. The van der Waals surface area contributed by atoms with E-state index in [2.05, 4.69) is 10.6 Å². The molecule has 0 aliphatic carbocycles. The predicted molar refractivity (Wildman–Crippen MR) is 82.6 cm³/mol. The summed E-state index contributed by atoms with van der Waals surface area (Å²) < 4.78 is 24.1. The molecule has 0 radical (unpaired) electrons. The SMILES string of the molecule is CCN(CCCNC(=O)CC1CCCN1)S(C)(=O)=O.Cl. The second kappa shape index (κ2) is 9.55. The monoisotopic (exact) mass is 327 g/mol. The van der Waals surface area contributed by atoms with Crippen molar-refractivity contribution in [1.82, 2.24) is 14.9 Å². The van der Waals surface area contributed by atoms with Crippen molar-refractivity contribution < 1.29 is 13.2 Å². The molecule has 0 saturated carbocycles. The Bertz CT molecular complexity index is 383. The molecule has 1 aliphatic heterocycles. The smallest absolute Gasteiger partial charge is 0.221 e. The number of amides is 1. The molecular weight excluding hydrogens is 302 g/mol. The molecule has 0 spiro atoms. The van der Waals surface area contributed by atoms with E-state index in [-0.39, 0.29) is 18.3 Å². The number of sulfonamides is 1. The van der Waals surface area contributed by atoms with Crippen LogP contribution in [-0.2, 0) is 14.8 Å². The zero-order valence-electron chi connectivity index (χ0n) is 12.2. The Morgan fingerprint density at radius 3 is 2.65 bits per heavy atom. The van der Waals surface area contributed by atoms with Gasteiger partial charge in [0.2, 0.25) is 15.9 Å². The molecule has 1 amide bonds. The van der Waals surface area contributed by atoms with E-state index in [4.69, 9.17) is 0 Å². The summed E-state index contributed by atoms with van der Waals surface area (Å²) in [7, 11) is -3.12. The van der Waals surface area contributed by atoms with Crippen LogP contribution in [0.3, 0.4) is 0 Å². The fraction of sp³-hybridized carbons (Fsp3) is 0.917. The number of nitrogens with one attached hydrogen (secondary N) is 2. The van der Waals surface area contributed by atoms with E-state index in [0.29, 0.717) is 38.5 Å².